The van der Waals surface area contributed by atoms with Crippen LogP contribution in [0.25, 0.3) is 33.5 Å². The molecule has 38 heavy (non-hydrogen) atoms. The van der Waals surface area contributed by atoms with E-state index in [0.717, 1.165) is 59.4 Å². The van der Waals surface area contributed by atoms with Gasteiger partial charge in [0, 0.05) is 11.0 Å². The van der Waals surface area contributed by atoms with Crippen molar-refractivity contribution < 1.29 is 8.42 Å². The Morgan fingerprint density at radius 3 is 2.11 bits per heavy atom. The van der Waals surface area contributed by atoms with E-state index in [1.165, 1.54) is 11.1 Å². The van der Waals surface area contributed by atoms with Crippen LogP contribution < -0.4 is 0 Å². The first-order valence-corrected chi connectivity index (χ1v) is 15.0. The van der Waals surface area contributed by atoms with E-state index in [9.17, 15) is 8.42 Å². The van der Waals surface area contributed by atoms with Crippen LogP contribution >= 0.6 is 0 Å². The van der Waals surface area contributed by atoms with Crippen molar-refractivity contribution in [2.45, 2.75) is 80.9 Å². The van der Waals surface area contributed by atoms with Crippen LogP contribution in [0.2, 0.25) is 0 Å². The Kier molecular flexibility index (Phi) is 5.58. The average molecular weight is 527 g/mol. The van der Waals surface area contributed by atoms with Crippen LogP contribution in [0.4, 0.5) is 0 Å². The van der Waals surface area contributed by atoms with Gasteiger partial charge in [-0.05, 0) is 84.7 Å². The minimum absolute atomic E-state index is 0.0726. The predicted molar refractivity (Wildman–Crippen MR) is 152 cm³/mol. The summed E-state index contributed by atoms with van der Waals surface area (Å²) in [5, 5.41) is 0. The number of H-pyrrole nitrogens is 2. The van der Waals surface area contributed by atoms with E-state index in [1.807, 2.05) is 0 Å². The Labute approximate surface area is 223 Å². The van der Waals surface area contributed by atoms with Crippen LogP contribution in [0.15, 0.2) is 64.4 Å². The van der Waals surface area contributed by atoms with E-state index >= 15 is 0 Å². The minimum Gasteiger partial charge on any atom is -0.341 e. The van der Waals surface area contributed by atoms with E-state index in [4.69, 9.17) is 9.97 Å². The van der Waals surface area contributed by atoms with Crippen molar-refractivity contribution >= 4 is 31.9 Å². The second-order valence-corrected chi connectivity index (χ2v) is 13.2. The van der Waals surface area contributed by atoms with E-state index in [2.05, 4.69) is 62.8 Å². The molecule has 0 saturated carbocycles. The lowest BCUT2D eigenvalue weighted by atomic mass is 9.63. The number of benzene rings is 3. The molecule has 7 heteroatoms. The first kappa shape index (κ1) is 24.9. The standard InChI is InChI=1S/C31H34N4O2S/c1-6-30(4,7-2)29-34-25-14-11-22(17-27(25)35-29)38(36,37)21-10-13-24-26(16-21)33-28(32-24)19-9-12-23-20(15-19)18-31(23,5)8-3/h9-17H,6-8,18H2,1-5H3,(H,32,33)(H,34,35). The molecule has 0 amide bonds. The van der Waals surface area contributed by atoms with Gasteiger partial charge >= 0.3 is 0 Å². The topological polar surface area (TPSA) is 91.5 Å². The molecule has 0 bridgehead atoms. The van der Waals surface area contributed by atoms with Gasteiger partial charge in [-0.2, -0.15) is 0 Å². The summed E-state index contributed by atoms with van der Waals surface area (Å²) in [4.78, 5) is 16.7. The maximum atomic E-state index is 13.6. The molecule has 6 rings (SSSR count). The Hall–Kier alpha value is -3.45. The molecule has 1 aliphatic rings. The molecule has 3 aromatic carbocycles. The van der Waals surface area contributed by atoms with Gasteiger partial charge in [-0.3, -0.25) is 0 Å². The lowest BCUT2D eigenvalue weighted by Crippen LogP contribution is -2.34. The van der Waals surface area contributed by atoms with Crippen molar-refractivity contribution in [2.24, 2.45) is 0 Å². The van der Waals surface area contributed by atoms with Crippen molar-refractivity contribution in [3.63, 3.8) is 0 Å². The monoisotopic (exact) mass is 526 g/mol. The Morgan fingerprint density at radius 2 is 1.50 bits per heavy atom. The first-order valence-electron chi connectivity index (χ1n) is 13.5. The lowest BCUT2D eigenvalue weighted by Gasteiger charge is -2.41. The lowest BCUT2D eigenvalue weighted by molar-refractivity contribution is 0.395. The zero-order chi connectivity index (χ0) is 26.9. The normalized spacial score (nSPS) is 17.6. The largest absolute Gasteiger partial charge is 0.341 e. The van der Waals surface area contributed by atoms with Crippen LogP contribution in [-0.2, 0) is 27.1 Å². The van der Waals surface area contributed by atoms with Gasteiger partial charge in [0.05, 0.1) is 31.9 Å². The molecule has 196 valence electrons. The molecule has 5 aromatic rings. The summed E-state index contributed by atoms with van der Waals surface area (Å²) in [5.74, 6) is 1.65. The summed E-state index contributed by atoms with van der Waals surface area (Å²) in [7, 11) is -3.73. The van der Waals surface area contributed by atoms with Crippen LogP contribution in [0.1, 0.15) is 70.8 Å². The molecule has 0 fully saturated rings. The van der Waals surface area contributed by atoms with E-state index in [0.29, 0.717) is 5.52 Å². The quantitative estimate of drug-likeness (QED) is 0.234. The number of nitrogens with zero attached hydrogens (tertiary/aromatic N) is 2. The smallest absolute Gasteiger partial charge is 0.206 e. The summed E-state index contributed by atoms with van der Waals surface area (Å²) >= 11 is 0. The number of imidazole rings is 2. The van der Waals surface area contributed by atoms with Crippen LogP contribution in [0.3, 0.4) is 0 Å². The van der Waals surface area contributed by atoms with Crippen molar-refractivity contribution in [3.05, 3.63) is 71.5 Å². The summed E-state index contributed by atoms with van der Waals surface area (Å²) < 4.78 is 27.2. The highest BCUT2D eigenvalue weighted by molar-refractivity contribution is 7.91. The van der Waals surface area contributed by atoms with Gasteiger partial charge in [0.15, 0.2) is 0 Å². The molecule has 1 atom stereocenters. The molecule has 0 saturated heterocycles. The molecule has 1 unspecified atom stereocenters. The van der Waals surface area contributed by atoms with Gasteiger partial charge in [0.1, 0.15) is 11.6 Å². The average Bonchev–Trinajstić information content (AvgIpc) is 3.55. The highest BCUT2D eigenvalue weighted by atomic mass is 32.2. The number of rotatable bonds is 7. The Morgan fingerprint density at radius 1 is 0.868 bits per heavy atom. The number of aromatic amines is 2. The van der Waals surface area contributed by atoms with Crippen molar-refractivity contribution in [2.75, 3.05) is 0 Å². The van der Waals surface area contributed by atoms with Gasteiger partial charge in [-0.25, -0.2) is 18.4 Å². The summed E-state index contributed by atoms with van der Waals surface area (Å²) in [6.07, 6.45) is 4.11. The molecule has 6 nitrogen and oxygen atoms in total. The minimum atomic E-state index is -3.73. The van der Waals surface area contributed by atoms with Crippen LogP contribution in [0.5, 0.6) is 0 Å². The third-order valence-electron chi connectivity index (χ3n) is 9.05. The zero-order valence-corrected chi connectivity index (χ0v) is 23.5. The van der Waals surface area contributed by atoms with Gasteiger partial charge in [0.25, 0.3) is 0 Å². The van der Waals surface area contributed by atoms with Crippen molar-refractivity contribution in [3.8, 4) is 11.4 Å². The molecule has 2 N–H and O–H groups in total. The SMILES string of the molecule is CCC(C)(CC)c1nc2ccc(S(=O)(=O)c3ccc4nc(-c5ccc6c(c5)CC6(C)CC)[nH]c4c3)cc2[nH]1. The number of nitrogens with one attached hydrogen (secondary N) is 2. The summed E-state index contributed by atoms with van der Waals surface area (Å²) in [6.45, 7) is 11.0. The van der Waals surface area contributed by atoms with E-state index in [1.54, 1.807) is 36.4 Å². The van der Waals surface area contributed by atoms with Gasteiger partial charge in [0.2, 0.25) is 9.84 Å². The van der Waals surface area contributed by atoms with Gasteiger partial charge < -0.3 is 9.97 Å². The zero-order valence-electron chi connectivity index (χ0n) is 22.6. The molecular formula is C31H34N4O2S. The number of hydrogen-bond donors (Lipinski definition) is 2. The van der Waals surface area contributed by atoms with Crippen molar-refractivity contribution in [1.29, 1.82) is 0 Å². The fraction of sp³-hybridized carbons (Fsp3) is 0.355. The van der Waals surface area contributed by atoms with Gasteiger partial charge in [-0.15, -0.1) is 0 Å². The number of hydrogen-bond acceptors (Lipinski definition) is 4. The second kappa shape index (κ2) is 8.53. The van der Waals surface area contributed by atoms with Crippen LogP contribution in [-0.4, -0.2) is 28.4 Å². The highest BCUT2D eigenvalue weighted by Crippen LogP contribution is 2.44. The fourth-order valence-electron chi connectivity index (χ4n) is 5.66. The first-order chi connectivity index (χ1) is 18.1. The predicted octanol–water partition coefficient (Wildman–Crippen LogP) is 7.24. The molecule has 0 radical (unpaired) electrons. The maximum absolute atomic E-state index is 13.6. The van der Waals surface area contributed by atoms with E-state index in [-0.39, 0.29) is 20.6 Å². The summed E-state index contributed by atoms with van der Waals surface area (Å²) in [6, 6.07) is 16.8. The molecule has 2 aromatic heterocycles. The molecule has 2 heterocycles. The second-order valence-electron chi connectivity index (χ2n) is 11.3. The molecular weight excluding hydrogens is 492 g/mol. The number of aromatic nitrogens is 4. The molecule has 1 aliphatic carbocycles. The summed E-state index contributed by atoms with van der Waals surface area (Å²) in [5.41, 5.74) is 6.97. The Bertz CT molecular complexity index is 1810. The third kappa shape index (κ3) is 3.70. The van der Waals surface area contributed by atoms with Gasteiger partial charge in [-0.1, -0.05) is 46.8 Å². The molecule has 0 spiro atoms. The van der Waals surface area contributed by atoms with E-state index < -0.39 is 9.84 Å². The number of sulfone groups is 1. The third-order valence-corrected chi connectivity index (χ3v) is 10.8. The van der Waals surface area contributed by atoms with Crippen LogP contribution in [0, 0.1) is 0 Å². The van der Waals surface area contributed by atoms with Crippen molar-refractivity contribution in [1.82, 2.24) is 19.9 Å². The fourth-order valence-corrected chi connectivity index (χ4v) is 6.97. The Balaban J connectivity index is 1.34. The molecule has 0 aliphatic heterocycles. The number of fused-ring (bicyclic) bond motifs is 3. The highest BCUT2D eigenvalue weighted by Gasteiger charge is 2.36. The maximum Gasteiger partial charge on any atom is 0.206 e.